The SMILES string of the molecule is CCN1N=C(C(=O)N[C@H]2CCc3nc(C)cn3C2)CCC1=O. The zero-order valence-electron chi connectivity index (χ0n) is 13.0. The molecule has 0 aromatic carbocycles. The third-order valence-corrected chi connectivity index (χ3v) is 4.11. The van der Waals surface area contributed by atoms with Crippen LogP contribution < -0.4 is 5.32 Å². The van der Waals surface area contributed by atoms with Crippen LogP contribution in [-0.2, 0) is 22.6 Å². The van der Waals surface area contributed by atoms with Crippen molar-refractivity contribution >= 4 is 17.5 Å². The van der Waals surface area contributed by atoms with E-state index in [0.29, 0.717) is 25.1 Å². The molecule has 1 N–H and O–H groups in total. The van der Waals surface area contributed by atoms with Crippen LogP contribution >= 0.6 is 0 Å². The first-order valence-corrected chi connectivity index (χ1v) is 7.78. The highest BCUT2D eigenvalue weighted by atomic mass is 16.2. The van der Waals surface area contributed by atoms with E-state index in [2.05, 4.69) is 20.0 Å². The Morgan fingerprint density at radius 2 is 2.23 bits per heavy atom. The summed E-state index contributed by atoms with van der Waals surface area (Å²) in [5, 5.41) is 8.58. The molecule has 0 aliphatic carbocycles. The molecule has 0 spiro atoms. The highest BCUT2D eigenvalue weighted by molar-refractivity contribution is 6.39. The molecule has 3 rings (SSSR count). The predicted molar refractivity (Wildman–Crippen MR) is 81.3 cm³/mol. The number of amides is 2. The topological polar surface area (TPSA) is 79.6 Å². The second-order valence-corrected chi connectivity index (χ2v) is 5.82. The molecule has 2 aliphatic rings. The number of nitrogens with zero attached hydrogens (tertiary/aromatic N) is 4. The molecule has 1 aromatic rings. The van der Waals surface area contributed by atoms with Crippen molar-refractivity contribution in [3.05, 3.63) is 17.7 Å². The number of imidazole rings is 1. The molecule has 118 valence electrons. The molecule has 0 saturated heterocycles. The van der Waals surface area contributed by atoms with Crippen molar-refractivity contribution in [1.82, 2.24) is 19.9 Å². The highest BCUT2D eigenvalue weighted by Gasteiger charge is 2.26. The summed E-state index contributed by atoms with van der Waals surface area (Å²) in [5.74, 6) is 0.909. The van der Waals surface area contributed by atoms with Crippen LogP contribution in [0.3, 0.4) is 0 Å². The maximum absolute atomic E-state index is 12.3. The normalized spacial score (nSPS) is 21.4. The fourth-order valence-corrected chi connectivity index (χ4v) is 2.98. The Balaban J connectivity index is 1.64. The van der Waals surface area contributed by atoms with Crippen LogP contribution in [0.4, 0.5) is 0 Å². The Morgan fingerprint density at radius 3 is 3.00 bits per heavy atom. The fourth-order valence-electron chi connectivity index (χ4n) is 2.98. The van der Waals surface area contributed by atoms with Gasteiger partial charge in [0.15, 0.2) is 0 Å². The molecule has 0 saturated carbocycles. The van der Waals surface area contributed by atoms with Crippen LogP contribution in [0.15, 0.2) is 11.3 Å². The summed E-state index contributed by atoms with van der Waals surface area (Å²) >= 11 is 0. The van der Waals surface area contributed by atoms with E-state index in [-0.39, 0.29) is 17.9 Å². The summed E-state index contributed by atoms with van der Waals surface area (Å²) in [6.45, 7) is 5.07. The van der Waals surface area contributed by atoms with E-state index in [0.717, 1.165) is 30.9 Å². The molecule has 0 bridgehead atoms. The zero-order chi connectivity index (χ0) is 15.7. The number of nitrogens with one attached hydrogen (secondary N) is 1. The van der Waals surface area contributed by atoms with Gasteiger partial charge in [-0.15, -0.1) is 0 Å². The van der Waals surface area contributed by atoms with Gasteiger partial charge in [-0.2, -0.15) is 5.10 Å². The lowest BCUT2D eigenvalue weighted by Gasteiger charge is -2.26. The number of aromatic nitrogens is 2. The highest BCUT2D eigenvalue weighted by Crippen LogP contribution is 2.16. The summed E-state index contributed by atoms with van der Waals surface area (Å²) in [6.07, 6.45) is 4.54. The van der Waals surface area contributed by atoms with Crippen molar-refractivity contribution in [3.8, 4) is 0 Å². The van der Waals surface area contributed by atoms with Gasteiger partial charge in [-0.05, 0) is 20.3 Å². The van der Waals surface area contributed by atoms with Crippen molar-refractivity contribution in [1.29, 1.82) is 0 Å². The van der Waals surface area contributed by atoms with Gasteiger partial charge in [-0.3, -0.25) is 9.59 Å². The van der Waals surface area contributed by atoms with Crippen molar-refractivity contribution < 1.29 is 9.59 Å². The summed E-state index contributed by atoms with van der Waals surface area (Å²) in [6, 6.07) is 0.0870. The third kappa shape index (κ3) is 2.88. The summed E-state index contributed by atoms with van der Waals surface area (Å²) < 4.78 is 2.11. The number of carbonyl (C=O) groups is 2. The van der Waals surface area contributed by atoms with Gasteiger partial charge in [0.25, 0.3) is 5.91 Å². The van der Waals surface area contributed by atoms with E-state index in [1.165, 1.54) is 5.01 Å². The van der Waals surface area contributed by atoms with Crippen molar-refractivity contribution in [3.63, 3.8) is 0 Å². The fraction of sp³-hybridized carbons (Fsp3) is 0.600. The minimum atomic E-state index is -0.156. The molecule has 1 atom stereocenters. The molecule has 1 aromatic heterocycles. The minimum absolute atomic E-state index is 0.0183. The average Bonchev–Trinajstić information content (AvgIpc) is 2.87. The molecule has 0 unspecified atom stereocenters. The van der Waals surface area contributed by atoms with E-state index in [1.54, 1.807) is 0 Å². The van der Waals surface area contributed by atoms with Crippen LogP contribution in [-0.4, -0.2) is 44.7 Å². The van der Waals surface area contributed by atoms with Gasteiger partial charge in [0.2, 0.25) is 5.91 Å². The summed E-state index contributed by atoms with van der Waals surface area (Å²) in [4.78, 5) is 28.4. The second kappa shape index (κ2) is 5.90. The lowest BCUT2D eigenvalue weighted by molar-refractivity contribution is -0.131. The van der Waals surface area contributed by atoms with E-state index in [4.69, 9.17) is 0 Å². The quantitative estimate of drug-likeness (QED) is 0.889. The molecular weight excluding hydrogens is 282 g/mol. The van der Waals surface area contributed by atoms with Crippen molar-refractivity contribution in [2.24, 2.45) is 5.10 Å². The van der Waals surface area contributed by atoms with Crippen LogP contribution in [0.2, 0.25) is 0 Å². The molecule has 7 nitrogen and oxygen atoms in total. The van der Waals surface area contributed by atoms with E-state index >= 15 is 0 Å². The Hall–Kier alpha value is -2.18. The smallest absolute Gasteiger partial charge is 0.267 e. The number of hydrogen-bond acceptors (Lipinski definition) is 4. The summed E-state index contributed by atoms with van der Waals surface area (Å²) in [7, 11) is 0. The Labute approximate surface area is 129 Å². The molecule has 2 amide bonds. The van der Waals surface area contributed by atoms with Gasteiger partial charge < -0.3 is 9.88 Å². The van der Waals surface area contributed by atoms with Crippen LogP contribution in [0.1, 0.15) is 37.7 Å². The Bertz CT molecular complexity index is 634. The Morgan fingerprint density at radius 1 is 1.41 bits per heavy atom. The monoisotopic (exact) mass is 303 g/mol. The molecule has 3 heterocycles. The number of rotatable bonds is 3. The lowest BCUT2D eigenvalue weighted by atomic mass is 10.1. The van der Waals surface area contributed by atoms with E-state index < -0.39 is 0 Å². The number of hydrogen-bond donors (Lipinski definition) is 1. The third-order valence-electron chi connectivity index (χ3n) is 4.11. The van der Waals surface area contributed by atoms with Gasteiger partial charge >= 0.3 is 0 Å². The Kier molecular flexibility index (Phi) is 3.96. The van der Waals surface area contributed by atoms with Crippen molar-refractivity contribution in [2.45, 2.75) is 52.1 Å². The largest absolute Gasteiger partial charge is 0.346 e. The average molecular weight is 303 g/mol. The standard InChI is InChI=1S/C15H21N5O2/c1-3-20-14(21)7-5-12(18-20)15(22)17-11-4-6-13-16-10(2)8-19(13)9-11/h8,11H,3-7,9H2,1-2H3,(H,17,22)/t11-/m0/s1. The molecular formula is C15H21N5O2. The minimum Gasteiger partial charge on any atom is -0.346 e. The van der Waals surface area contributed by atoms with Gasteiger partial charge in [0.05, 0.1) is 5.69 Å². The van der Waals surface area contributed by atoms with E-state index in [9.17, 15) is 9.59 Å². The van der Waals surface area contributed by atoms with Gasteiger partial charge in [0, 0.05) is 44.6 Å². The van der Waals surface area contributed by atoms with Gasteiger partial charge in [-0.25, -0.2) is 9.99 Å². The predicted octanol–water partition coefficient (Wildman–Crippen LogP) is 0.621. The maximum Gasteiger partial charge on any atom is 0.267 e. The van der Waals surface area contributed by atoms with Crippen LogP contribution in [0.25, 0.3) is 0 Å². The van der Waals surface area contributed by atoms with Gasteiger partial charge in [0.1, 0.15) is 11.5 Å². The lowest BCUT2D eigenvalue weighted by Crippen LogP contribution is -2.46. The van der Waals surface area contributed by atoms with Crippen LogP contribution in [0.5, 0.6) is 0 Å². The molecule has 0 fully saturated rings. The van der Waals surface area contributed by atoms with Crippen molar-refractivity contribution in [2.75, 3.05) is 6.54 Å². The zero-order valence-corrected chi connectivity index (χ0v) is 13.0. The first-order chi connectivity index (χ1) is 10.6. The number of hydrazone groups is 1. The maximum atomic E-state index is 12.3. The molecule has 0 radical (unpaired) electrons. The number of carbonyl (C=O) groups excluding carboxylic acids is 2. The first-order valence-electron chi connectivity index (χ1n) is 7.78. The number of aryl methyl sites for hydroxylation is 2. The number of fused-ring (bicyclic) bond motifs is 1. The second-order valence-electron chi connectivity index (χ2n) is 5.82. The van der Waals surface area contributed by atoms with Gasteiger partial charge in [-0.1, -0.05) is 0 Å². The molecule has 22 heavy (non-hydrogen) atoms. The first kappa shape index (κ1) is 14.7. The molecule has 7 heteroatoms. The summed E-state index contributed by atoms with van der Waals surface area (Å²) in [5.41, 5.74) is 1.46. The molecule has 2 aliphatic heterocycles. The van der Waals surface area contributed by atoms with Crippen LogP contribution in [0, 0.1) is 6.92 Å². The van der Waals surface area contributed by atoms with E-state index in [1.807, 2.05) is 20.0 Å².